The van der Waals surface area contributed by atoms with E-state index >= 15 is 0 Å². The molecule has 3 heteroatoms. The molecule has 0 aliphatic carbocycles. The summed E-state index contributed by atoms with van der Waals surface area (Å²) in [6, 6.07) is 8.38. The van der Waals surface area contributed by atoms with Gasteiger partial charge in [-0.25, -0.2) is 4.39 Å². The molecule has 1 heterocycles. The van der Waals surface area contributed by atoms with Crippen LogP contribution < -0.4 is 0 Å². The Kier molecular flexibility index (Phi) is 9.68. The van der Waals surface area contributed by atoms with Crippen LogP contribution >= 0.6 is 0 Å². The largest absolute Gasteiger partial charge is 0.392 e. The van der Waals surface area contributed by atoms with Crippen LogP contribution in [0.15, 0.2) is 24.3 Å². The number of aliphatic hydroxyl groups is 1. The van der Waals surface area contributed by atoms with Gasteiger partial charge < -0.3 is 5.11 Å². The molecule has 0 radical (unpaired) electrons. The molecule has 2 nitrogen and oxygen atoms in total. The molecule has 0 spiro atoms. The Balaban J connectivity index is 2.72. The zero-order chi connectivity index (χ0) is 23.1. The van der Waals surface area contributed by atoms with Gasteiger partial charge in [0.2, 0.25) is 0 Å². The highest BCUT2D eigenvalue weighted by Gasteiger charge is 2.24. The van der Waals surface area contributed by atoms with Gasteiger partial charge in [0.1, 0.15) is 6.17 Å². The summed E-state index contributed by atoms with van der Waals surface area (Å²) in [7, 11) is 0. The molecule has 2 unspecified atom stereocenters. The number of halogens is 1. The van der Waals surface area contributed by atoms with Crippen molar-refractivity contribution in [2.75, 3.05) is 0 Å². The van der Waals surface area contributed by atoms with Crippen LogP contribution in [0.3, 0.4) is 0 Å². The predicted octanol–water partition coefficient (Wildman–Crippen LogP) is 8.07. The van der Waals surface area contributed by atoms with Gasteiger partial charge in [-0.2, -0.15) is 0 Å². The van der Waals surface area contributed by atoms with Gasteiger partial charge in [-0.05, 0) is 60.3 Å². The second-order valence-electron chi connectivity index (χ2n) is 9.45. The number of alkyl halides is 1. The van der Waals surface area contributed by atoms with Crippen LogP contribution in [0.25, 0.3) is 11.1 Å². The van der Waals surface area contributed by atoms with E-state index in [-0.39, 0.29) is 18.4 Å². The molecule has 0 bridgehead atoms. The summed E-state index contributed by atoms with van der Waals surface area (Å²) in [6.07, 6.45) is 4.36. The minimum absolute atomic E-state index is 0.0180. The van der Waals surface area contributed by atoms with E-state index in [0.29, 0.717) is 5.92 Å². The molecule has 1 aromatic carbocycles. The minimum Gasteiger partial charge on any atom is -0.392 e. The third-order valence-electron chi connectivity index (χ3n) is 6.37. The quantitative estimate of drug-likeness (QED) is 0.368. The first-order valence-corrected chi connectivity index (χ1v) is 12.2. The van der Waals surface area contributed by atoms with Gasteiger partial charge in [0, 0.05) is 22.9 Å². The van der Waals surface area contributed by atoms with Crippen molar-refractivity contribution in [3.05, 3.63) is 52.3 Å². The van der Waals surface area contributed by atoms with E-state index < -0.39 is 6.17 Å². The van der Waals surface area contributed by atoms with Crippen molar-refractivity contribution in [3.8, 4) is 11.1 Å². The molecule has 2 aromatic rings. The smallest absolute Gasteiger partial charge is 0.104 e. The maximum absolute atomic E-state index is 14.1. The number of pyridine rings is 1. The van der Waals surface area contributed by atoms with Crippen LogP contribution in [0.5, 0.6) is 0 Å². The van der Waals surface area contributed by atoms with E-state index in [0.717, 1.165) is 52.9 Å². The van der Waals surface area contributed by atoms with Crippen LogP contribution in [0.1, 0.15) is 120 Å². The van der Waals surface area contributed by atoms with Crippen LogP contribution in [-0.4, -0.2) is 16.3 Å². The van der Waals surface area contributed by atoms with Gasteiger partial charge in [0.05, 0.1) is 6.61 Å². The average molecular weight is 428 g/mol. The third-order valence-corrected chi connectivity index (χ3v) is 6.37. The molecule has 0 aliphatic rings. The average Bonchev–Trinajstić information content (AvgIpc) is 2.73. The van der Waals surface area contributed by atoms with Gasteiger partial charge >= 0.3 is 0 Å². The fraction of sp³-hybridized carbons (Fsp3) is 0.607. The van der Waals surface area contributed by atoms with Crippen molar-refractivity contribution >= 4 is 0 Å². The molecular formula is C28H42FNO. The number of hydrogen-bond donors (Lipinski definition) is 1. The summed E-state index contributed by atoms with van der Waals surface area (Å²) in [6.45, 7) is 14.6. The first-order valence-electron chi connectivity index (χ1n) is 12.2. The number of benzene rings is 1. The first-order chi connectivity index (χ1) is 14.8. The molecule has 0 saturated heterocycles. The molecule has 1 aromatic heterocycles. The molecule has 0 aliphatic heterocycles. The number of rotatable bonds is 11. The summed E-state index contributed by atoms with van der Waals surface area (Å²) in [5.74, 6) is 0.473. The fourth-order valence-corrected chi connectivity index (χ4v) is 4.69. The van der Waals surface area contributed by atoms with Gasteiger partial charge in [-0.1, -0.05) is 78.6 Å². The molecule has 0 fully saturated rings. The van der Waals surface area contributed by atoms with Crippen molar-refractivity contribution in [2.24, 2.45) is 0 Å². The number of aromatic nitrogens is 1. The molecular weight excluding hydrogens is 385 g/mol. The molecule has 172 valence electrons. The fourth-order valence-electron chi connectivity index (χ4n) is 4.69. The topological polar surface area (TPSA) is 33.1 Å². The van der Waals surface area contributed by atoms with Gasteiger partial charge in [0.25, 0.3) is 0 Å². The van der Waals surface area contributed by atoms with Gasteiger partial charge in [-0.3, -0.25) is 4.98 Å². The molecule has 2 atom stereocenters. The first kappa shape index (κ1) is 25.5. The number of aliphatic hydroxyl groups excluding tert-OH is 1. The highest BCUT2D eigenvalue weighted by molar-refractivity contribution is 5.73. The number of unbranched alkanes of at least 4 members (excludes halogenated alkanes) is 2. The SMILES string of the molecule is CCCCCc1c(C(C)C)nc(C(C)C)c(CO)c1-c1ccc(C(CC)C(C)F)cc1. The Morgan fingerprint density at radius 2 is 1.45 bits per heavy atom. The van der Waals surface area contributed by atoms with E-state index in [1.807, 2.05) is 6.92 Å². The van der Waals surface area contributed by atoms with Crippen LogP contribution in [0, 0.1) is 0 Å². The lowest BCUT2D eigenvalue weighted by atomic mass is 9.84. The molecule has 0 saturated carbocycles. The molecule has 1 N–H and O–H groups in total. The number of hydrogen-bond acceptors (Lipinski definition) is 2. The lowest BCUT2D eigenvalue weighted by Crippen LogP contribution is -2.13. The lowest BCUT2D eigenvalue weighted by molar-refractivity contribution is 0.279. The monoisotopic (exact) mass is 427 g/mol. The van der Waals surface area contributed by atoms with Crippen LogP contribution in [0.4, 0.5) is 4.39 Å². The standard InChI is InChI=1S/C28H42FNO/c1-8-10-11-12-24-26(22-15-13-21(14-16-22)23(9-2)20(7)29)25(17-31)28(19(5)6)30-27(24)18(3)4/h13-16,18-20,23,31H,8-12,17H2,1-7H3. The summed E-state index contributed by atoms with van der Waals surface area (Å²) in [4.78, 5) is 5.08. The van der Waals surface area contributed by atoms with Crippen molar-refractivity contribution in [1.82, 2.24) is 4.98 Å². The highest BCUT2D eigenvalue weighted by atomic mass is 19.1. The van der Waals surface area contributed by atoms with Crippen molar-refractivity contribution in [1.29, 1.82) is 0 Å². The maximum atomic E-state index is 14.1. The molecule has 0 amide bonds. The Bertz CT molecular complexity index is 824. The van der Waals surface area contributed by atoms with E-state index in [1.54, 1.807) is 6.92 Å². The zero-order valence-corrected chi connectivity index (χ0v) is 20.6. The second kappa shape index (κ2) is 11.8. The Morgan fingerprint density at radius 3 is 1.90 bits per heavy atom. The number of nitrogens with zero attached hydrogens (tertiary/aromatic N) is 1. The lowest BCUT2D eigenvalue weighted by Gasteiger charge is -2.25. The second-order valence-corrected chi connectivity index (χ2v) is 9.45. The minimum atomic E-state index is -0.866. The van der Waals surface area contributed by atoms with Crippen molar-refractivity contribution in [3.63, 3.8) is 0 Å². The zero-order valence-electron chi connectivity index (χ0n) is 20.6. The predicted molar refractivity (Wildman–Crippen MR) is 131 cm³/mol. The third kappa shape index (κ3) is 5.94. The van der Waals surface area contributed by atoms with E-state index in [1.165, 1.54) is 18.4 Å². The van der Waals surface area contributed by atoms with Crippen LogP contribution in [-0.2, 0) is 13.0 Å². The Hall–Kier alpha value is -1.74. The summed E-state index contributed by atoms with van der Waals surface area (Å²) < 4.78 is 14.1. The summed E-state index contributed by atoms with van der Waals surface area (Å²) in [5.41, 5.74) is 7.66. The van der Waals surface area contributed by atoms with E-state index in [9.17, 15) is 9.50 Å². The van der Waals surface area contributed by atoms with E-state index in [4.69, 9.17) is 4.98 Å². The van der Waals surface area contributed by atoms with Gasteiger partial charge in [0.15, 0.2) is 0 Å². The van der Waals surface area contributed by atoms with Crippen molar-refractivity contribution < 1.29 is 9.50 Å². The Labute approximate surface area is 189 Å². The van der Waals surface area contributed by atoms with Crippen LogP contribution in [0.2, 0.25) is 0 Å². The molecule has 2 rings (SSSR count). The summed E-state index contributed by atoms with van der Waals surface area (Å²) >= 11 is 0. The van der Waals surface area contributed by atoms with Gasteiger partial charge in [-0.15, -0.1) is 0 Å². The highest BCUT2D eigenvalue weighted by Crippen LogP contribution is 2.38. The Morgan fingerprint density at radius 1 is 0.871 bits per heavy atom. The van der Waals surface area contributed by atoms with Crippen molar-refractivity contribution in [2.45, 2.75) is 111 Å². The van der Waals surface area contributed by atoms with E-state index in [2.05, 4.69) is 58.9 Å². The maximum Gasteiger partial charge on any atom is 0.104 e. The summed E-state index contributed by atoms with van der Waals surface area (Å²) in [5, 5.41) is 10.4. The molecule has 31 heavy (non-hydrogen) atoms. The normalized spacial score (nSPS) is 13.8.